The average molecular weight is 302 g/mol. The minimum absolute atomic E-state index is 0.104. The highest BCUT2D eigenvalue weighted by atomic mass is 19.1. The SMILES string of the molecule is COc1ccccc1NC(=O)CNC(=O)c1ccccc1F. The maximum Gasteiger partial charge on any atom is 0.254 e. The van der Waals surface area contributed by atoms with E-state index in [0.29, 0.717) is 11.4 Å². The molecule has 0 saturated heterocycles. The molecule has 0 saturated carbocycles. The third kappa shape index (κ3) is 3.82. The van der Waals surface area contributed by atoms with Crippen LogP contribution >= 0.6 is 0 Å². The number of carbonyl (C=O) groups excluding carboxylic acids is 2. The van der Waals surface area contributed by atoms with E-state index in [4.69, 9.17) is 4.74 Å². The molecular formula is C16H15FN2O3. The van der Waals surface area contributed by atoms with E-state index in [1.54, 1.807) is 30.3 Å². The summed E-state index contributed by atoms with van der Waals surface area (Å²) in [5.74, 6) is -1.20. The van der Waals surface area contributed by atoms with Gasteiger partial charge in [0.25, 0.3) is 5.91 Å². The van der Waals surface area contributed by atoms with Gasteiger partial charge >= 0.3 is 0 Å². The molecule has 0 unspecified atom stereocenters. The first-order chi connectivity index (χ1) is 10.6. The number of para-hydroxylation sites is 2. The van der Waals surface area contributed by atoms with Crippen molar-refractivity contribution in [3.8, 4) is 5.75 Å². The van der Waals surface area contributed by atoms with Crippen LogP contribution in [0.1, 0.15) is 10.4 Å². The van der Waals surface area contributed by atoms with Gasteiger partial charge in [-0.2, -0.15) is 0 Å². The first-order valence-corrected chi connectivity index (χ1v) is 6.57. The van der Waals surface area contributed by atoms with Crippen molar-refractivity contribution in [2.24, 2.45) is 0 Å². The van der Waals surface area contributed by atoms with E-state index < -0.39 is 17.6 Å². The first-order valence-electron chi connectivity index (χ1n) is 6.57. The number of nitrogens with one attached hydrogen (secondary N) is 2. The molecule has 5 nitrogen and oxygen atoms in total. The minimum atomic E-state index is -0.645. The van der Waals surface area contributed by atoms with Crippen LogP contribution in [0.2, 0.25) is 0 Å². The smallest absolute Gasteiger partial charge is 0.254 e. The van der Waals surface area contributed by atoms with Gasteiger partial charge in [0.1, 0.15) is 11.6 Å². The largest absolute Gasteiger partial charge is 0.495 e. The molecule has 0 aliphatic heterocycles. The minimum Gasteiger partial charge on any atom is -0.495 e. The Balaban J connectivity index is 1.93. The monoisotopic (exact) mass is 302 g/mol. The molecule has 0 aliphatic carbocycles. The number of anilines is 1. The van der Waals surface area contributed by atoms with E-state index in [2.05, 4.69) is 10.6 Å². The molecular weight excluding hydrogens is 287 g/mol. The van der Waals surface area contributed by atoms with Crippen molar-refractivity contribution in [2.45, 2.75) is 0 Å². The van der Waals surface area contributed by atoms with Crippen LogP contribution in [-0.2, 0) is 4.79 Å². The summed E-state index contributed by atoms with van der Waals surface area (Å²) < 4.78 is 18.5. The van der Waals surface area contributed by atoms with Crippen molar-refractivity contribution < 1.29 is 18.7 Å². The van der Waals surface area contributed by atoms with E-state index in [-0.39, 0.29) is 12.1 Å². The van der Waals surface area contributed by atoms with Gasteiger partial charge in [0, 0.05) is 0 Å². The second-order valence-electron chi connectivity index (χ2n) is 4.41. The van der Waals surface area contributed by atoms with Crippen molar-refractivity contribution in [3.63, 3.8) is 0 Å². The number of hydrogen-bond acceptors (Lipinski definition) is 3. The second kappa shape index (κ2) is 7.21. The molecule has 0 radical (unpaired) electrons. The molecule has 0 aromatic heterocycles. The molecule has 2 aromatic rings. The van der Waals surface area contributed by atoms with Crippen molar-refractivity contribution in [1.29, 1.82) is 0 Å². The van der Waals surface area contributed by atoms with Crippen molar-refractivity contribution in [2.75, 3.05) is 19.0 Å². The number of amides is 2. The van der Waals surface area contributed by atoms with E-state index in [9.17, 15) is 14.0 Å². The summed E-state index contributed by atoms with van der Waals surface area (Å²) in [7, 11) is 1.49. The Hall–Kier alpha value is -2.89. The maximum absolute atomic E-state index is 13.4. The van der Waals surface area contributed by atoms with Crippen LogP contribution < -0.4 is 15.4 Å². The van der Waals surface area contributed by atoms with Crippen molar-refractivity contribution >= 4 is 17.5 Å². The van der Waals surface area contributed by atoms with Gasteiger partial charge in [0.05, 0.1) is 24.9 Å². The predicted octanol–water partition coefficient (Wildman–Crippen LogP) is 2.20. The quantitative estimate of drug-likeness (QED) is 0.890. The molecule has 2 aromatic carbocycles. The van der Waals surface area contributed by atoms with Gasteiger partial charge in [-0.1, -0.05) is 24.3 Å². The lowest BCUT2D eigenvalue weighted by molar-refractivity contribution is -0.115. The first kappa shape index (κ1) is 15.5. The van der Waals surface area contributed by atoms with Crippen LogP contribution in [0.4, 0.5) is 10.1 Å². The molecule has 0 spiro atoms. The summed E-state index contributed by atoms with van der Waals surface area (Å²) in [5, 5.41) is 4.98. The Morgan fingerprint density at radius 2 is 1.77 bits per heavy atom. The topological polar surface area (TPSA) is 67.4 Å². The van der Waals surface area contributed by atoms with Crippen LogP contribution in [0.15, 0.2) is 48.5 Å². The number of benzene rings is 2. The molecule has 2 amide bonds. The molecule has 0 heterocycles. The molecule has 114 valence electrons. The van der Waals surface area contributed by atoms with Crippen LogP contribution in [-0.4, -0.2) is 25.5 Å². The number of halogens is 1. The molecule has 22 heavy (non-hydrogen) atoms. The van der Waals surface area contributed by atoms with Crippen LogP contribution in [0.5, 0.6) is 5.75 Å². The lowest BCUT2D eigenvalue weighted by atomic mass is 10.2. The fourth-order valence-electron chi connectivity index (χ4n) is 1.84. The third-order valence-corrected chi connectivity index (χ3v) is 2.91. The zero-order valence-electron chi connectivity index (χ0n) is 11.9. The summed E-state index contributed by atoms with van der Waals surface area (Å²) in [6, 6.07) is 12.5. The number of methoxy groups -OCH3 is 1. The summed E-state index contributed by atoms with van der Waals surface area (Å²) in [6.45, 7) is -0.273. The highest BCUT2D eigenvalue weighted by Gasteiger charge is 2.12. The van der Waals surface area contributed by atoms with Crippen LogP contribution in [0, 0.1) is 5.82 Å². The molecule has 6 heteroatoms. The maximum atomic E-state index is 13.4. The summed E-state index contributed by atoms with van der Waals surface area (Å²) in [5.41, 5.74) is 0.391. The Bertz CT molecular complexity index is 689. The molecule has 0 aliphatic rings. The van der Waals surface area contributed by atoms with Gasteiger partial charge in [-0.25, -0.2) is 4.39 Å². The van der Waals surface area contributed by atoms with Crippen molar-refractivity contribution in [1.82, 2.24) is 5.32 Å². The lowest BCUT2D eigenvalue weighted by Crippen LogP contribution is -2.33. The normalized spacial score (nSPS) is 9.91. The van der Waals surface area contributed by atoms with Gasteiger partial charge in [-0.3, -0.25) is 9.59 Å². The number of hydrogen-bond donors (Lipinski definition) is 2. The Labute approximate surface area is 127 Å². The standard InChI is InChI=1S/C16H15FN2O3/c1-22-14-9-5-4-8-13(14)19-15(20)10-18-16(21)11-6-2-3-7-12(11)17/h2-9H,10H2,1H3,(H,18,21)(H,19,20). The summed E-state index contributed by atoms with van der Waals surface area (Å²) in [6.07, 6.45) is 0. The Kier molecular flexibility index (Phi) is 5.08. The summed E-state index contributed by atoms with van der Waals surface area (Å²) in [4.78, 5) is 23.6. The van der Waals surface area contributed by atoms with Crippen LogP contribution in [0.3, 0.4) is 0 Å². The number of carbonyl (C=O) groups is 2. The van der Waals surface area contributed by atoms with Crippen LogP contribution in [0.25, 0.3) is 0 Å². The van der Waals surface area contributed by atoms with E-state index in [0.717, 1.165) is 0 Å². The van der Waals surface area contributed by atoms with Gasteiger partial charge in [-0.15, -0.1) is 0 Å². The van der Waals surface area contributed by atoms with Crippen molar-refractivity contribution in [3.05, 3.63) is 59.9 Å². The average Bonchev–Trinajstić information content (AvgIpc) is 2.53. The molecule has 2 N–H and O–H groups in total. The zero-order valence-corrected chi connectivity index (χ0v) is 11.9. The Morgan fingerprint density at radius 1 is 1.09 bits per heavy atom. The molecule has 0 atom stereocenters. The fraction of sp³-hybridized carbons (Fsp3) is 0.125. The second-order valence-corrected chi connectivity index (χ2v) is 4.41. The molecule has 0 fully saturated rings. The van der Waals surface area contributed by atoms with Gasteiger partial charge in [0.2, 0.25) is 5.91 Å². The predicted molar refractivity (Wildman–Crippen MR) is 80.4 cm³/mol. The third-order valence-electron chi connectivity index (χ3n) is 2.91. The van der Waals surface area contributed by atoms with E-state index in [1.807, 2.05) is 0 Å². The summed E-state index contributed by atoms with van der Waals surface area (Å²) >= 11 is 0. The highest BCUT2D eigenvalue weighted by molar-refractivity contribution is 5.99. The Morgan fingerprint density at radius 3 is 2.50 bits per heavy atom. The van der Waals surface area contributed by atoms with Gasteiger partial charge < -0.3 is 15.4 Å². The molecule has 2 rings (SSSR count). The number of rotatable bonds is 5. The van der Waals surface area contributed by atoms with Gasteiger partial charge in [0.15, 0.2) is 0 Å². The highest BCUT2D eigenvalue weighted by Crippen LogP contribution is 2.22. The molecule has 0 bridgehead atoms. The van der Waals surface area contributed by atoms with Gasteiger partial charge in [-0.05, 0) is 24.3 Å². The fourth-order valence-corrected chi connectivity index (χ4v) is 1.84. The van der Waals surface area contributed by atoms with E-state index >= 15 is 0 Å². The number of ether oxygens (including phenoxy) is 1. The van der Waals surface area contributed by atoms with E-state index in [1.165, 1.54) is 25.3 Å². The zero-order chi connectivity index (χ0) is 15.9. The lowest BCUT2D eigenvalue weighted by Gasteiger charge is -2.10.